The van der Waals surface area contributed by atoms with Crippen molar-refractivity contribution in [2.24, 2.45) is 0 Å². The van der Waals surface area contributed by atoms with Crippen molar-refractivity contribution in [3.05, 3.63) is 40.5 Å². The maximum atomic E-state index is 10.2. The van der Waals surface area contributed by atoms with Gasteiger partial charge in [0.25, 0.3) is 0 Å². The zero-order valence-electron chi connectivity index (χ0n) is 13.4. The van der Waals surface area contributed by atoms with Gasteiger partial charge in [0.2, 0.25) is 0 Å². The molecule has 0 aliphatic carbocycles. The van der Waals surface area contributed by atoms with Gasteiger partial charge >= 0.3 is 0 Å². The van der Waals surface area contributed by atoms with Crippen LogP contribution in [0.1, 0.15) is 6.23 Å². The van der Waals surface area contributed by atoms with Crippen molar-refractivity contribution in [1.82, 2.24) is 19.5 Å². The van der Waals surface area contributed by atoms with Crippen LogP contribution in [0.15, 0.2) is 36.9 Å². The molecule has 1 saturated heterocycles. The highest BCUT2D eigenvalue weighted by Gasteiger charge is 2.44. The van der Waals surface area contributed by atoms with Gasteiger partial charge in [0.15, 0.2) is 23.2 Å². The molecule has 10 heteroatoms. The van der Waals surface area contributed by atoms with Gasteiger partial charge in [0.05, 0.1) is 12.9 Å². The second-order valence-corrected chi connectivity index (χ2v) is 7.16. The molecule has 0 saturated carbocycles. The Morgan fingerprint density at radius 2 is 2.04 bits per heavy atom. The first kappa shape index (κ1) is 17.5. The van der Waals surface area contributed by atoms with Crippen LogP contribution < -0.4 is 5.32 Å². The minimum absolute atomic E-state index is 0.393. The number of aromatic nitrogens is 4. The minimum Gasteiger partial charge on any atom is -0.394 e. The van der Waals surface area contributed by atoms with E-state index in [-0.39, 0.29) is 0 Å². The number of anilines is 2. The van der Waals surface area contributed by atoms with Crippen molar-refractivity contribution < 1.29 is 20.1 Å². The summed E-state index contributed by atoms with van der Waals surface area (Å²) in [5.74, 6) is 0.516. The van der Waals surface area contributed by atoms with Crippen molar-refractivity contribution in [2.75, 3.05) is 11.9 Å². The number of hydrogen-bond donors (Lipinski definition) is 4. The molecule has 9 nitrogen and oxygen atoms in total. The van der Waals surface area contributed by atoms with Crippen LogP contribution in [0.3, 0.4) is 0 Å². The third-order valence-electron chi connectivity index (χ3n) is 4.24. The summed E-state index contributed by atoms with van der Waals surface area (Å²) in [5.41, 5.74) is 1.81. The molecule has 1 fully saturated rings. The average Bonchev–Trinajstić information content (AvgIpc) is 3.18. The van der Waals surface area contributed by atoms with E-state index in [0.29, 0.717) is 17.0 Å². The van der Waals surface area contributed by atoms with Gasteiger partial charge in [0, 0.05) is 9.26 Å². The fourth-order valence-corrected chi connectivity index (χ4v) is 3.49. The topological polar surface area (TPSA) is 126 Å². The molecule has 3 aromatic rings. The predicted molar refractivity (Wildman–Crippen MR) is 101 cm³/mol. The van der Waals surface area contributed by atoms with Gasteiger partial charge < -0.3 is 25.4 Å². The molecule has 0 spiro atoms. The van der Waals surface area contributed by atoms with Crippen LogP contribution >= 0.6 is 22.6 Å². The Kier molecular flexibility index (Phi) is 4.75. The van der Waals surface area contributed by atoms with Gasteiger partial charge in [-0.1, -0.05) is 6.07 Å². The number of rotatable bonds is 4. The summed E-state index contributed by atoms with van der Waals surface area (Å²) in [6.45, 7) is -0.393. The highest BCUT2D eigenvalue weighted by molar-refractivity contribution is 14.1. The fraction of sp³-hybridized carbons (Fsp3) is 0.312. The van der Waals surface area contributed by atoms with E-state index in [9.17, 15) is 15.3 Å². The number of halogens is 1. The molecule has 2 aromatic heterocycles. The Balaban J connectivity index is 1.69. The molecule has 26 heavy (non-hydrogen) atoms. The van der Waals surface area contributed by atoms with Crippen molar-refractivity contribution >= 4 is 45.3 Å². The summed E-state index contributed by atoms with van der Waals surface area (Å²) in [6.07, 6.45) is -1.29. The number of ether oxygens (including phenoxy) is 1. The summed E-state index contributed by atoms with van der Waals surface area (Å²) in [5, 5.41) is 32.7. The Morgan fingerprint density at radius 1 is 1.19 bits per heavy atom. The standard InChI is InChI=1S/C16H16IN5O4/c17-8-2-1-3-9(4-8)21-14-11-15(19-6-18-14)22(7-20-11)16-13(25)12(24)10(5-23)26-16/h1-4,6-7,10,12-13,16,23-25H,5H2,(H,18,19,21)/t10-,12-,13-,16-/m1/s1. The quantitative estimate of drug-likeness (QED) is 0.414. The van der Waals surface area contributed by atoms with Crippen LogP contribution in [0.4, 0.5) is 11.5 Å². The van der Waals surface area contributed by atoms with E-state index in [1.54, 1.807) is 0 Å². The molecule has 0 amide bonds. The molecule has 1 aromatic carbocycles. The first-order valence-corrected chi connectivity index (χ1v) is 8.99. The molecule has 136 valence electrons. The Labute approximate surface area is 161 Å². The lowest BCUT2D eigenvalue weighted by atomic mass is 10.1. The molecule has 1 aliphatic rings. The van der Waals surface area contributed by atoms with Gasteiger partial charge in [-0.25, -0.2) is 15.0 Å². The number of hydrogen-bond acceptors (Lipinski definition) is 8. The summed E-state index contributed by atoms with van der Waals surface area (Å²) in [6, 6.07) is 7.80. The van der Waals surface area contributed by atoms with Crippen LogP contribution in [-0.2, 0) is 4.74 Å². The zero-order chi connectivity index (χ0) is 18.3. The fourth-order valence-electron chi connectivity index (χ4n) is 2.94. The molecular weight excluding hydrogens is 453 g/mol. The summed E-state index contributed by atoms with van der Waals surface area (Å²) < 4.78 is 8.16. The summed E-state index contributed by atoms with van der Waals surface area (Å²) in [7, 11) is 0. The van der Waals surface area contributed by atoms with Gasteiger partial charge in [-0.3, -0.25) is 4.57 Å². The number of aliphatic hydroxyl groups excluding tert-OH is 3. The number of nitrogens with one attached hydrogen (secondary N) is 1. The molecule has 4 atom stereocenters. The maximum Gasteiger partial charge on any atom is 0.167 e. The Morgan fingerprint density at radius 3 is 2.77 bits per heavy atom. The van der Waals surface area contributed by atoms with E-state index >= 15 is 0 Å². The van der Waals surface area contributed by atoms with Crippen molar-refractivity contribution in [1.29, 1.82) is 0 Å². The first-order valence-electron chi connectivity index (χ1n) is 7.91. The molecular formula is C16H16IN5O4. The molecule has 4 rings (SSSR count). The number of imidazole rings is 1. The van der Waals surface area contributed by atoms with E-state index in [2.05, 4.69) is 42.9 Å². The van der Waals surface area contributed by atoms with E-state index in [1.807, 2.05) is 24.3 Å². The molecule has 0 bridgehead atoms. The number of fused-ring (bicyclic) bond motifs is 1. The summed E-state index contributed by atoms with van der Waals surface area (Å²) in [4.78, 5) is 12.8. The smallest absolute Gasteiger partial charge is 0.167 e. The highest BCUT2D eigenvalue weighted by Crippen LogP contribution is 2.32. The first-order chi connectivity index (χ1) is 12.6. The van der Waals surface area contributed by atoms with Gasteiger partial charge in [-0.2, -0.15) is 0 Å². The highest BCUT2D eigenvalue weighted by atomic mass is 127. The van der Waals surface area contributed by atoms with E-state index in [4.69, 9.17) is 4.74 Å². The van der Waals surface area contributed by atoms with E-state index in [0.717, 1.165) is 9.26 Å². The second-order valence-electron chi connectivity index (χ2n) is 5.91. The van der Waals surface area contributed by atoms with Gasteiger partial charge in [-0.15, -0.1) is 0 Å². The Bertz CT molecular complexity index is 936. The number of benzene rings is 1. The van der Waals surface area contributed by atoms with Crippen LogP contribution in [0.5, 0.6) is 0 Å². The number of nitrogens with zero attached hydrogens (tertiary/aromatic N) is 4. The van der Waals surface area contributed by atoms with Gasteiger partial charge in [-0.05, 0) is 40.8 Å². The second kappa shape index (κ2) is 7.04. The van der Waals surface area contributed by atoms with Crippen LogP contribution in [0.2, 0.25) is 0 Å². The lowest BCUT2D eigenvalue weighted by Crippen LogP contribution is -2.33. The monoisotopic (exact) mass is 469 g/mol. The lowest BCUT2D eigenvalue weighted by molar-refractivity contribution is -0.0511. The lowest BCUT2D eigenvalue weighted by Gasteiger charge is -2.16. The predicted octanol–water partition coefficient (Wildman–Crippen LogP) is 0.786. The van der Waals surface area contributed by atoms with Crippen molar-refractivity contribution in [3.63, 3.8) is 0 Å². The van der Waals surface area contributed by atoms with Crippen LogP contribution in [0.25, 0.3) is 11.2 Å². The van der Waals surface area contributed by atoms with Gasteiger partial charge in [0.1, 0.15) is 24.6 Å². The molecule has 4 N–H and O–H groups in total. The van der Waals surface area contributed by atoms with E-state index < -0.39 is 31.1 Å². The Hall–Kier alpha value is -1.86. The largest absolute Gasteiger partial charge is 0.394 e. The maximum absolute atomic E-state index is 10.2. The zero-order valence-corrected chi connectivity index (χ0v) is 15.6. The third-order valence-corrected chi connectivity index (χ3v) is 4.91. The van der Waals surface area contributed by atoms with Crippen molar-refractivity contribution in [2.45, 2.75) is 24.5 Å². The number of aliphatic hydroxyl groups is 3. The molecule has 0 unspecified atom stereocenters. The summed E-state index contributed by atoms with van der Waals surface area (Å²) >= 11 is 2.22. The third kappa shape index (κ3) is 3.03. The van der Waals surface area contributed by atoms with Crippen LogP contribution in [0, 0.1) is 3.57 Å². The van der Waals surface area contributed by atoms with E-state index in [1.165, 1.54) is 17.2 Å². The normalized spacial score (nSPS) is 25.7. The molecule has 0 radical (unpaired) electrons. The molecule has 1 aliphatic heterocycles. The van der Waals surface area contributed by atoms with Crippen LogP contribution in [-0.4, -0.2) is 59.8 Å². The average molecular weight is 469 g/mol. The minimum atomic E-state index is -1.20. The van der Waals surface area contributed by atoms with Crippen molar-refractivity contribution in [3.8, 4) is 0 Å². The SMILES string of the molecule is OC[C@H]1O[C@@H](n2cnc3c(Nc4cccc(I)c4)ncnc32)[C@H](O)[C@@H]1O. The molecule has 3 heterocycles.